The molecule has 0 aliphatic carbocycles. The van der Waals surface area contributed by atoms with Gasteiger partial charge in [0.25, 0.3) is 0 Å². The Morgan fingerprint density at radius 2 is 1.71 bits per heavy atom. The molecule has 3 fully saturated rings. The summed E-state index contributed by atoms with van der Waals surface area (Å²) in [5.74, 6) is -2.65. The van der Waals surface area contributed by atoms with Crippen molar-refractivity contribution in [2.24, 2.45) is 11.8 Å². The van der Waals surface area contributed by atoms with Crippen molar-refractivity contribution in [1.82, 2.24) is 10.2 Å². The Hall–Kier alpha value is -3.72. The summed E-state index contributed by atoms with van der Waals surface area (Å²) in [5.41, 5.74) is 1.91. The lowest BCUT2D eigenvalue weighted by Gasteiger charge is -2.37. The zero-order valence-corrected chi connectivity index (χ0v) is 24.1. The van der Waals surface area contributed by atoms with Crippen molar-refractivity contribution >= 4 is 35.0 Å². The number of para-hydroxylation sites is 1. The molecule has 6 atom stereocenters. The number of likely N-dealkylation sites (tertiary alicyclic amines) is 1. The van der Waals surface area contributed by atoms with Crippen molar-refractivity contribution in [3.05, 3.63) is 101 Å². The lowest BCUT2D eigenvalue weighted by Crippen LogP contribution is -2.56. The number of carbonyl (C=O) groups is 3. The highest BCUT2D eigenvalue weighted by Gasteiger charge is 2.75. The highest BCUT2D eigenvalue weighted by atomic mass is 35.5. The highest BCUT2D eigenvalue weighted by Crippen LogP contribution is 2.59. The minimum atomic E-state index is -1.19. The van der Waals surface area contributed by atoms with Crippen LogP contribution >= 0.6 is 11.6 Å². The van der Waals surface area contributed by atoms with E-state index in [0.29, 0.717) is 36.5 Å². The Morgan fingerprint density at radius 3 is 2.38 bits per heavy atom. The first-order valence-electron chi connectivity index (χ1n) is 14.4. The fourth-order valence-electron chi connectivity index (χ4n) is 7.11. The Balaban J connectivity index is 1.35. The molecule has 42 heavy (non-hydrogen) atoms. The number of hydrogen-bond acceptors (Lipinski definition) is 5. The van der Waals surface area contributed by atoms with Gasteiger partial charge < -0.3 is 25.4 Å². The zero-order chi connectivity index (χ0) is 29.4. The van der Waals surface area contributed by atoms with Crippen LogP contribution in [-0.4, -0.2) is 58.1 Å². The van der Waals surface area contributed by atoms with Gasteiger partial charge in [-0.2, -0.15) is 0 Å². The van der Waals surface area contributed by atoms with Gasteiger partial charge in [-0.15, -0.1) is 0 Å². The minimum absolute atomic E-state index is 0.268. The summed E-state index contributed by atoms with van der Waals surface area (Å²) in [5, 5.41) is 16.9. The van der Waals surface area contributed by atoms with Gasteiger partial charge in [0.2, 0.25) is 17.7 Å². The number of amides is 3. The molecule has 6 rings (SSSR count). The molecule has 8 nitrogen and oxygen atoms in total. The van der Waals surface area contributed by atoms with Crippen molar-refractivity contribution in [3.63, 3.8) is 0 Å². The van der Waals surface area contributed by atoms with E-state index in [1.54, 1.807) is 12.1 Å². The fraction of sp³-hybridized carbons (Fsp3) is 0.364. The number of carbonyl (C=O) groups excluding carboxylic acids is 3. The van der Waals surface area contributed by atoms with Crippen LogP contribution in [-0.2, 0) is 32.1 Å². The number of nitrogens with zero attached hydrogens (tertiary/aromatic N) is 1. The third-order valence-corrected chi connectivity index (χ3v) is 9.30. The molecular formula is C33H34ClN3O5. The molecular weight excluding hydrogens is 554 g/mol. The lowest BCUT2D eigenvalue weighted by molar-refractivity contribution is -0.144. The molecule has 3 amide bonds. The molecule has 3 heterocycles. The molecule has 2 unspecified atom stereocenters. The molecule has 0 aromatic heterocycles. The van der Waals surface area contributed by atoms with E-state index in [1.807, 2.05) is 73.7 Å². The topological polar surface area (TPSA) is 108 Å². The Morgan fingerprint density at radius 1 is 1.02 bits per heavy atom. The summed E-state index contributed by atoms with van der Waals surface area (Å²) >= 11 is 6.46. The van der Waals surface area contributed by atoms with Crippen LogP contribution in [0, 0.1) is 18.8 Å². The lowest BCUT2D eigenvalue weighted by atomic mass is 9.70. The summed E-state index contributed by atoms with van der Waals surface area (Å²) in [4.78, 5) is 43.8. The first-order valence-corrected chi connectivity index (χ1v) is 14.7. The molecule has 0 radical (unpaired) electrons. The van der Waals surface area contributed by atoms with Crippen molar-refractivity contribution < 1.29 is 24.2 Å². The van der Waals surface area contributed by atoms with E-state index in [-0.39, 0.29) is 18.4 Å². The van der Waals surface area contributed by atoms with Crippen molar-refractivity contribution in [3.8, 4) is 0 Å². The standard InChI is InChI=1S/C33H34ClN3O5/c1-20-9-8-14-24(34)28(20)36-31(40)29-33-16-15-25(42-33)26(30(39)35-18-22-12-6-3-7-13-22)27(33)32(41)37(29)23(19-38)17-21-10-4-2-5-11-21/h2-14,23,25-27,29,38H,15-19H2,1H3,(H,35,39)(H,36,40)/t23-,25-,26+,27+,29?,33?/m1/s1. The Labute approximate surface area is 250 Å². The molecule has 1 spiro atoms. The van der Waals surface area contributed by atoms with E-state index in [0.717, 1.165) is 16.7 Å². The third-order valence-electron chi connectivity index (χ3n) is 8.99. The summed E-state index contributed by atoms with van der Waals surface area (Å²) in [6.45, 7) is 1.81. The molecule has 3 aliphatic heterocycles. The van der Waals surface area contributed by atoms with Crippen molar-refractivity contribution in [2.75, 3.05) is 11.9 Å². The number of hydrogen-bond donors (Lipinski definition) is 3. The largest absolute Gasteiger partial charge is 0.394 e. The molecule has 3 aromatic carbocycles. The predicted octanol–water partition coefficient (Wildman–Crippen LogP) is 3.88. The van der Waals surface area contributed by atoms with Gasteiger partial charge >= 0.3 is 0 Å². The van der Waals surface area contributed by atoms with E-state index >= 15 is 0 Å². The number of aliphatic hydroxyl groups is 1. The highest BCUT2D eigenvalue weighted by molar-refractivity contribution is 6.34. The second kappa shape index (κ2) is 11.5. The first-order chi connectivity index (χ1) is 20.3. The van der Waals surface area contributed by atoms with Gasteiger partial charge in [0, 0.05) is 6.54 Å². The van der Waals surface area contributed by atoms with Gasteiger partial charge in [-0.25, -0.2) is 0 Å². The number of aryl methyl sites for hydroxylation is 1. The normalized spacial score (nSPS) is 26.6. The van der Waals surface area contributed by atoms with Crippen LogP contribution in [0.25, 0.3) is 0 Å². The van der Waals surface area contributed by atoms with Gasteiger partial charge in [-0.3, -0.25) is 14.4 Å². The monoisotopic (exact) mass is 587 g/mol. The number of ether oxygens (including phenoxy) is 1. The predicted molar refractivity (Wildman–Crippen MR) is 159 cm³/mol. The van der Waals surface area contributed by atoms with Crippen molar-refractivity contribution in [1.29, 1.82) is 0 Å². The van der Waals surface area contributed by atoms with Gasteiger partial charge in [0.15, 0.2) is 0 Å². The number of rotatable bonds is 9. The van der Waals surface area contributed by atoms with E-state index in [9.17, 15) is 19.5 Å². The van der Waals surface area contributed by atoms with Crippen LogP contribution in [0.15, 0.2) is 78.9 Å². The molecule has 9 heteroatoms. The van der Waals surface area contributed by atoms with E-state index < -0.39 is 41.5 Å². The molecule has 218 valence electrons. The maximum atomic E-state index is 14.4. The molecule has 0 saturated carbocycles. The van der Waals surface area contributed by atoms with Gasteiger partial charge in [-0.1, -0.05) is 84.4 Å². The Kier molecular flexibility index (Phi) is 7.79. The van der Waals surface area contributed by atoms with Crippen LogP contribution in [0.4, 0.5) is 5.69 Å². The molecule has 3 saturated heterocycles. The van der Waals surface area contributed by atoms with Crippen LogP contribution in [0.3, 0.4) is 0 Å². The summed E-state index contributed by atoms with van der Waals surface area (Å²) < 4.78 is 6.55. The maximum absolute atomic E-state index is 14.4. The number of aliphatic hydroxyl groups excluding tert-OH is 1. The number of nitrogens with one attached hydrogen (secondary N) is 2. The molecule has 2 bridgehead atoms. The Bertz CT molecular complexity index is 1470. The van der Waals surface area contributed by atoms with Crippen LogP contribution < -0.4 is 10.6 Å². The number of benzene rings is 3. The van der Waals surface area contributed by atoms with Gasteiger partial charge in [-0.05, 0) is 48.9 Å². The summed E-state index contributed by atoms with van der Waals surface area (Å²) in [6, 6.07) is 22.7. The fourth-order valence-corrected chi connectivity index (χ4v) is 7.37. The van der Waals surface area contributed by atoms with E-state index in [2.05, 4.69) is 10.6 Å². The van der Waals surface area contributed by atoms with Gasteiger partial charge in [0.05, 0.1) is 41.3 Å². The van der Waals surface area contributed by atoms with Crippen molar-refractivity contribution in [2.45, 2.75) is 56.5 Å². The molecule has 3 aliphatic rings. The van der Waals surface area contributed by atoms with Crippen LogP contribution in [0.5, 0.6) is 0 Å². The smallest absolute Gasteiger partial charge is 0.250 e. The average molecular weight is 588 g/mol. The second-order valence-corrected chi connectivity index (χ2v) is 11.9. The average Bonchev–Trinajstić information content (AvgIpc) is 3.65. The summed E-state index contributed by atoms with van der Waals surface area (Å²) in [7, 11) is 0. The van der Waals surface area contributed by atoms with E-state index in [1.165, 1.54) is 4.90 Å². The van der Waals surface area contributed by atoms with E-state index in [4.69, 9.17) is 16.3 Å². The number of fused-ring (bicyclic) bond motifs is 1. The van der Waals surface area contributed by atoms with Crippen LogP contribution in [0.2, 0.25) is 5.02 Å². The third kappa shape index (κ3) is 4.87. The maximum Gasteiger partial charge on any atom is 0.250 e. The SMILES string of the molecule is Cc1cccc(Cl)c1NC(=O)C1N([C@@H](CO)Cc2ccccc2)C(=O)[C@@H]2[C@@H](C(=O)NCc3ccccc3)[C@H]3CCC12O3. The summed E-state index contributed by atoms with van der Waals surface area (Å²) in [6.07, 6.45) is 0.875. The number of halogens is 1. The van der Waals surface area contributed by atoms with Crippen LogP contribution in [0.1, 0.15) is 29.5 Å². The quantitative estimate of drug-likeness (QED) is 0.352. The first kappa shape index (κ1) is 28.4. The zero-order valence-electron chi connectivity index (χ0n) is 23.3. The molecule has 3 aromatic rings. The number of anilines is 1. The molecule has 3 N–H and O–H groups in total. The minimum Gasteiger partial charge on any atom is -0.394 e. The second-order valence-electron chi connectivity index (χ2n) is 11.5. The van der Waals surface area contributed by atoms with Gasteiger partial charge in [0.1, 0.15) is 11.6 Å².